The lowest BCUT2D eigenvalue weighted by Crippen LogP contribution is -2.03. The average molecular weight is 151 g/mol. The van der Waals surface area contributed by atoms with Gasteiger partial charge in [-0.15, -0.1) is 0 Å². The first-order chi connectivity index (χ1) is 5.13. The summed E-state index contributed by atoms with van der Waals surface area (Å²) in [6.45, 7) is 6.03. The van der Waals surface area contributed by atoms with E-state index in [0.29, 0.717) is 5.92 Å². The van der Waals surface area contributed by atoms with Gasteiger partial charge in [0.15, 0.2) is 0 Å². The van der Waals surface area contributed by atoms with Crippen molar-refractivity contribution >= 4 is 5.69 Å². The van der Waals surface area contributed by atoms with Gasteiger partial charge in [-0.25, -0.2) is 9.97 Å². The first-order valence-corrected chi connectivity index (χ1v) is 3.70. The van der Waals surface area contributed by atoms with Gasteiger partial charge < -0.3 is 5.73 Å². The predicted molar refractivity (Wildman–Crippen MR) is 45.3 cm³/mol. The van der Waals surface area contributed by atoms with E-state index in [4.69, 9.17) is 5.73 Å². The molecule has 0 spiro atoms. The molecule has 0 atom stereocenters. The molecule has 0 saturated heterocycles. The van der Waals surface area contributed by atoms with Crippen LogP contribution >= 0.6 is 0 Å². The Kier molecular flexibility index (Phi) is 2.08. The van der Waals surface area contributed by atoms with Crippen molar-refractivity contribution in [2.75, 3.05) is 5.73 Å². The summed E-state index contributed by atoms with van der Waals surface area (Å²) in [5.74, 6) is 0.372. The standard InChI is InChI=1S/C8H13N3/c1-5(2)8-7(9)6(3)10-4-11-8/h4-5H,9H2,1-3H3. The van der Waals surface area contributed by atoms with Crippen LogP contribution in [0.4, 0.5) is 5.69 Å². The van der Waals surface area contributed by atoms with Crippen LogP contribution in [0.15, 0.2) is 6.33 Å². The quantitative estimate of drug-likeness (QED) is 0.661. The predicted octanol–water partition coefficient (Wildman–Crippen LogP) is 1.49. The lowest BCUT2D eigenvalue weighted by atomic mass is 10.1. The number of nitrogens with zero attached hydrogens (tertiary/aromatic N) is 2. The molecule has 0 fully saturated rings. The van der Waals surface area contributed by atoms with Crippen molar-refractivity contribution in [3.05, 3.63) is 17.7 Å². The van der Waals surface area contributed by atoms with Crippen molar-refractivity contribution in [3.8, 4) is 0 Å². The Labute approximate surface area is 66.7 Å². The van der Waals surface area contributed by atoms with Crippen molar-refractivity contribution in [1.82, 2.24) is 9.97 Å². The summed E-state index contributed by atoms with van der Waals surface area (Å²) in [6, 6.07) is 0. The largest absolute Gasteiger partial charge is 0.396 e. The topological polar surface area (TPSA) is 51.8 Å². The minimum absolute atomic E-state index is 0.372. The molecular formula is C8H13N3. The Hall–Kier alpha value is -1.12. The fourth-order valence-electron chi connectivity index (χ4n) is 0.962. The Morgan fingerprint density at radius 1 is 1.36 bits per heavy atom. The van der Waals surface area contributed by atoms with Gasteiger partial charge >= 0.3 is 0 Å². The van der Waals surface area contributed by atoms with Crippen LogP contribution in [0.1, 0.15) is 31.2 Å². The summed E-state index contributed by atoms with van der Waals surface area (Å²) in [5.41, 5.74) is 8.29. The Morgan fingerprint density at radius 3 is 2.45 bits per heavy atom. The highest BCUT2D eigenvalue weighted by molar-refractivity contribution is 5.47. The summed E-state index contributed by atoms with van der Waals surface area (Å²) in [5, 5.41) is 0. The van der Waals surface area contributed by atoms with Crippen LogP contribution in [0.2, 0.25) is 0 Å². The monoisotopic (exact) mass is 151 g/mol. The normalized spacial score (nSPS) is 10.5. The molecule has 1 rings (SSSR count). The molecule has 0 aromatic carbocycles. The van der Waals surface area contributed by atoms with E-state index < -0.39 is 0 Å². The number of aromatic nitrogens is 2. The minimum Gasteiger partial charge on any atom is -0.396 e. The molecule has 1 heterocycles. The van der Waals surface area contributed by atoms with Crippen LogP contribution in [-0.4, -0.2) is 9.97 Å². The van der Waals surface area contributed by atoms with E-state index in [1.54, 1.807) is 6.33 Å². The van der Waals surface area contributed by atoms with Gasteiger partial charge in [-0.1, -0.05) is 13.8 Å². The van der Waals surface area contributed by atoms with E-state index >= 15 is 0 Å². The number of nitrogens with two attached hydrogens (primary N) is 1. The summed E-state index contributed by atoms with van der Waals surface area (Å²) in [7, 11) is 0. The first-order valence-electron chi connectivity index (χ1n) is 3.70. The molecule has 1 aromatic heterocycles. The zero-order valence-corrected chi connectivity index (χ0v) is 7.13. The highest BCUT2D eigenvalue weighted by Gasteiger charge is 2.06. The summed E-state index contributed by atoms with van der Waals surface area (Å²) in [6.07, 6.45) is 1.56. The molecule has 0 radical (unpaired) electrons. The second-order valence-corrected chi connectivity index (χ2v) is 2.91. The highest BCUT2D eigenvalue weighted by atomic mass is 14.9. The molecule has 0 bridgehead atoms. The average Bonchev–Trinajstić information content (AvgIpc) is 1.94. The third-order valence-electron chi connectivity index (χ3n) is 1.66. The molecule has 3 heteroatoms. The number of hydrogen-bond donors (Lipinski definition) is 1. The second kappa shape index (κ2) is 2.86. The Morgan fingerprint density at radius 2 is 2.00 bits per heavy atom. The lowest BCUT2D eigenvalue weighted by Gasteiger charge is -2.08. The van der Waals surface area contributed by atoms with Gasteiger partial charge in [0.25, 0.3) is 0 Å². The van der Waals surface area contributed by atoms with Gasteiger partial charge in [0.2, 0.25) is 0 Å². The number of anilines is 1. The fourth-order valence-corrected chi connectivity index (χ4v) is 0.962. The van der Waals surface area contributed by atoms with Crippen LogP contribution in [-0.2, 0) is 0 Å². The zero-order chi connectivity index (χ0) is 8.43. The molecule has 2 N–H and O–H groups in total. The first kappa shape index (κ1) is 7.98. The van der Waals surface area contributed by atoms with E-state index in [-0.39, 0.29) is 0 Å². The van der Waals surface area contributed by atoms with Crippen molar-refractivity contribution < 1.29 is 0 Å². The molecule has 0 saturated carbocycles. The van der Waals surface area contributed by atoms with Crippen molar-refractivity contribution in [3.63, 3.8) is 0 Å². The maximum Gasteiger partial charge on any atom is 0.116 e. The fraction of sp³-hybridized carbons (Fsp3) is 0.500. The van der Waals surface area contributed by atoms with Gasteiger partial charge in [0.05, 0.1) is 17.1 Å². The van der Waals surface area contributed by atoms with Crippen LogP contribution in [0.5, 0.6) is 0 Å². The van der Waals surface area contributed by atoms with E-state index in [2.05, 4.69) is 23.8 Å². The van der Waals surface area contributed by atoms with Crippen LogP contribution < -0.4 is 5.73 Å². The molecule has 60 valence electrons. The third kappa shape index (κ3) is 1.48. The SMILES string of the molecule is Cc1ncnc(C(C)C)c1N. The number of rotatable bonds is 1. The summed E-state index contributed by atoms with van der Waals surface area (Å²) >= 11 is 0. The van der Waals surface area contributed by atoms with Crippen LogP contribution in [0.3, 0.4) is 0 Å². The van der Waals surface area contributed by atoms with E-state index in [1.807, 2.05) is 6.92 Å². The summed E-state index contributed by atoms with van der Waals surface area (Å²) in [4.78, 5) is 8.09. The molecule has 0 aliphatic carbocycles. The molecule has 0 unspecified atom stereocenters. The third-order valence-corrected chi connectivity index (χ3v) is 1.66. The number of aryl methyl sites for hydroxylation is 1. The van der Waals surface area contributed by atoms with Crippen molar-refractivity contribution in [2.45, 2.75) is 26.7 Å². The highest BCUT2D eigenvalue weighted by Crippen LogP contribution is 2.19. The number of nitrogen functional groups attached to an aromatic ring is 1. The molecule has 3 nitrogen and oxygen atoms in total. The molecular weight excluding hydrogens is 138 g/mol. The van der Waals surface area contributed by atoms with Gasteiger partial charge in [0.1, 0.15) is 6.33 Å². The van der Waals surface area contributed by atoms with Gasteiger partial charge in [0, 0.05) is 0 Å². The smallest absolute Gasteiger partial charge is 0.116 e. The molecule has 11 heavy (non-hydrogen) atoms. The van der Waals surface area contributed by atoms with Gasteiger partial charge in [-0.05, 0) is 12.8 Å². The lowest BCUT2D eigenvalue weighted by molar-refractivity contribution is 0.814. The zero-order valence-electron chi connectivity index (χ0n) is 7.13. The summed E-state index contributed by atoms with van der Waals surface area (Å²) < 4.78 is 0. The maximum absolute atomic E-state index is 5.76. The molecule has 1 aromatic rings. The Balaban J connectivity index is 3.17. The minimum atomic E-state index is 0.372. The van der Waals surface area contributed by atoms with Crippen LogP contribution in [0, 0.1) is 6.92 Å². The van der Waals surface area contributed by atoms with Gasteiger partial charge in [-0.3, -0.25) is 0 Å². The maximum atomic E-state index is 5.76. The second-order valence-electron chi connectivity index (χ2n) is 2.91. The van der Waals surface area contributed by atoms with Crippen molar-refractivity contribution in [2.24, 2.45) is 0 Å². The van der Waals surface area contributed by atoms with Gasteiger partial charge in [-0.2, -0.15) is 0 Å². The van der Waals surface area contributed by atoms with E-state index in [0.717, 1.165) is 17.1 Å². The van der Waals surface area contributed by atoms with E-state index in [1.165, 1.54) is 0 Å². The molecule has 0 aliphatic heterocycles. The molecule has 0 amide bonds. The molecule has 0 aliphatic rings. The van der Waals surface area contributed by atoms with Crippen molar-refractivity contribution in [1.29, 1.82) is 0 Å². The Bertz CT molecular complexity index is 256. The number of hydrogen-bond acceptors (Lipinski definition) is 3. The van der Waals surface area contributed by atoms with E-state index in [9.17, 15) is 0 Å². The van der Waals surface area contributed by atoms with Crippen LogP contribution in [0.25, 0.3) is 0 Å².